The van der Waals surface area contributed by atoms with Crippen LogP contribution in [0.25, 0.3) is 0 Å². The molecule has 0 unspecified atom stereocenters. The molecule has 0 amide bonds. The lowest BCUT2D eigenvalue weighted by Gasteiger charge is -2.50. The van der Waals surface area contributed by atoms with Gasteiger partial charge in [0, 0.05) is 10.8 Å². The first kappa shape index (κ1) is 23.7. The van der Waals surface area contributed by atoms with Gasteiger partial charge in [0.25, 0.3) is 0 Å². The lowest BCUT2D eigenvalue weighted by atomic mass is 9.65. The van der Waals surface area contributed by atoms with Crippen LogP contribution in [-0.2, 0) is 38.1 Å². The summed E-state index contributed by atoms with van der Waals surface area (Å²) in [5.74, 6) is -1.96. The molecule has 0 radical (unpaired) electrons. The Hall–Kier alpha value is -2.64. The molecule has 8 nitrogen and oxygen atoms in total. The fourth-order valence-corrected chi connectivity index (χ4v) is 7.67. The Morgan fingerprint density at radius 1 is 0.806 bits per heavy atom. The number of carbonyl (C=O) groups excluding carboxylic acids is 4. The molecule has 4 aliphatic carbocycles. The van der Waals surface area contributed by atoms with Crippen LogP contribution in [0.4, 0.5) is 0 Å². The number of esters is 4. The number of allylic oxidation sites excluding steroid dienone is 2. The quantitative estimate of drug-likeness (QED) is 0.427. The van der Waals surface area contributed by atoms with Crippen LogP contribution in [0.2, 0.25) is 0 Å². The molecule has 3 saturated carbocycles. The van der Waals surface area contributed by atoms with Crippen LogP contribution in [-0.4, -0.2) is 46.8 Å². The summed E-state index contributed by atoms with van der Waals surface area (Å²) in [5, 5.41) is 0. The van der Waals surface area contributed by atoms with Crippen LogP contribution in [0, 0.1) is 21.7 Å². The molecule has 2 aliphatic heterocycles. The molecule has 36 heavy (non-hydrogen) atoms. The van der Waals surface area contributed by atoms with Gasteiger partial charge in [0.15, 0.2) is 11.7 Å². The van der Waals surface area contributed by atoms with E-state index < -0.39 is 56.5 Å². The third-order valence-electron chi connectivity index (χ3n) is 11.7. The molecule has 2 saturated heterocycles. The molecule has 0 aromatic heterocycles. The molecule has 194 valence electrons. The van der Waals surface area contributed by atoms with Gasteiger partial charge in [-0.2, -0.15) is 0 Å². The lowest BCUT2D eigenvalue weighted by Crippen LogP contribution is -2.61. The van der Waals surface area contributed by atoms with Crippen molar-refractivity contribution in [1.29, 1.82) is 0 Å². The molecule has 6 aliphatic rings. The monoisotopic (exact) mass is 498 g/mol. The summed E-state index contributed by atoms with van der Waals surface area (Å²) in [6.45, 7) is 11.2. The van der Waals surface area contributed by atoms with Crippen molar-refractivity contribution >= 4 is 23.9 Å². The summed E-state index contributed by atoms with van der Waals surface area (Å²) < 4.78 is 23.8. The fourth-order valence-electron chi connectivity index (χ4n) is 7.67. The van der Waals surface area contributed by atoms with Crippen molar-refractivity contribution in [2.24, 2.45) is 21.7 Å². The van der Waals surface area contributed by atoms with Gasteiger partial charge < -0.3 is 18.9 Å². The second-order valence-electron chi connectivity index (χ2n) is 13.0. The van der Waals surface area contributed by atoms with Crippen molar-refractivity contribution < 1.29 is 38.1 Å². The number of hydrogen-bond acceptors (Lipinski definition) is 8. The maximum atomic E-state index is 13.8. The third kappa shape index (κ3) is 2.21. The Morgan fingerprint density at radius 3 is 1.75 bits per heavy atom. The average Bonchev–Trinajstić information content (AvgIpc) is 3.25. The molecule has 0 N–H and O–H groups in total. The van der Waals surface area contributed by atoms with E-state index in [1.807, 2.05) is 47.6 Å². The largest absolute Gasteiger partial charge is 0.450 e. The number of fused-ring (bicyclic) bond motifs is 5. The maximum Gasteiger partial charge on any atom is 0.352 e. The van der Waals surface area contributed by atoms with E-state index >= 15 is 0 Å². The van der Waals surface area contributed by atoms with Gasteiger partial charge >= 0.3 is 23.9 Å². The zero-order valence-corrected chi connectivity index (χ0v) is 21.8. The van der Waals surface area contributed by atoms with Gasteiger partial charge in [-0.3, -0.25) is 9.59 Å². The first-order valence-corrected chi connectivity index (χ1v) is 12.9. The molecule has 5 fully saturated rings. The normalized spacial score (nSPS) is 46.4. The van der Waals surface area contributed by atoms with Crippen molar-refractivity contribution in [3.05, 3.63) is 23.8 Å². The third-order valence-corrected chi connectivity index (χ3v) is 11.7. The van der Waals surface area contributed by atoms with E-state index in [1.165, 1.54) is 0 Å². The van der Waals surface area contributed by atoms with Crippen LogP contribution in [0.1, 0.15) is 80.1 Å². The Labute approximate surface area is 210 Å². The Morgan fingerprint density at radius 2 is 1.33 bits per heavy atom. The first-order chi connectivity index (χ1) is 16.6. The summed E-state index contributed by atoms with van der Waals surface area (Å²) in [5.41, 5.74) is -6.07. The molecule has 0 aromatic carbocycles. The molecule has 2 heterocycles. The highest BCUT2D eigenvalue weighted by Gasteiger charge is 2.78. The Kier molecular flexibility index (Phi) is 4.24. The van der Waals surface area contributed by atoms with E-state index in [1.54, 1.807) is 12.2 Å². The number of rotatable bonds is 4. The molecule has 0 spiro atoms. The van der Waals surface area contributed by atoms with Crippen LogP contribution in [0.3, 0.4) is 0 Å². The Bertz CT molecular complexity index is 1190. The molecular weight excluding hydrogens is 464 g/mol. The number of hydrogen-bond donors (Lipinski definition) is 0. The molecule has 8 heteroatoms. The van der Waals surface area contributed by atoms with Crippen LogP contribution < -0.4 is 0 Å². The zero-order chi connectivity index (χ0) is 26.2. The van der Waals surface area contributed by atoms with Gasteiger partial charge in [0.2, 0.25) is 11.2 Å². The number of carbonyl (C=O) groups is 4. The summed E-state index contributed by atoms with van der Waals surface area (Å²) in [4.78, 5) is 52.9. The van der Waals surface area contributed by atoms with Gasteiger partial charge in [0.05, 0.1) is 10.8 Å². The van der Waals surface area contributed by atoms with E-state index in [-0.39, 0.29) is 11.9 Å². The summed E-state index contributed by atoms with van der Waals surface area (Å²) >= 11 is 0. The van der Waals surface area contributed by atoms with Crippen LogP contribution >= 0.6 is 0 Å². The highest BCUT2D eigenvalue weighted by atomic mass is 16.6. The van der Waals surface area contributed by atoms with E-state index in [4.69, 9.17) is 18.9 Å². The van der Waals surface area contributed by atoms with Crippen molar-refractivity contribution in [1.82, 2.24) is 0 Å². The summed E-state index contributed by atoms with van der Waals surface area (Å²) in [6.07, 6.45) is 7.56. The zero-order valence-electron chi connectivity index (χ0n) is 21.8. The number of ether oxygens (including phenoxy) is 4. The minimum atomic E-state index is -1.38. The van der Waals surface area contributed by atoms with Crippen molar-refractivity contribution in [2.75, 3.05) is 0 Å². The molecule has 4 bridgehead atoms. The lowest BCUT2D eigenvalue weighted by molar-refractivity contribution is -0.213. The molecule has 6 rings (SSSR count). The van der Waals surface area contributed by atoms with E-state index in [2.05, 4.69) is 0 Å². The average molecular weight is 499 g/mol. The first-order valence-electron chi connectivity index (χ1n) is 12.9. The summed E-state index contributed by atoms with van der Waals surface area (Å²) in [7, 11) is 0. The van der Waals surface area contributed by atoms with Crippen molar-refractivity contribution in [3.8, 4) is 0 Å². The van der Waals surface area contributed by atoms with Gasteiger partial charge in [-0.05, 0) is 64.0 Å². The maximum absolute atomic E-state index is 13.8. The van der Waals surface area contributed by atoms with Gasteiger partial charge in [-0.1, -0.05) is 39.8 Å². The standard InChI is InChI=1S/C28H34O8/c1-22(2)24(5)12-14-27(22,35-18(24)29)20(31)33-17-9-7-8-16-10-11-26(16,17)34-21(32)28-15-13-25(6,19(30)36-28)23(28,3)4/h7-9,17H,10-15H2,1-6H3/t17-,24-,25-,26+,27+,28+/m0/s1. The highest BCUT2D eigenvalue weighted by molar-refractivity contribution is 5.95. The predicted octanol–water partition coefficient (Wildman–Crippen LogP) is 3.71. The van der Waals surface area contributed by atoms with Crippen LogP contribution in [0.5, 0.6) is 0 Å². The van der Waals surface area contributed by atoms with E-state index in [0.717, 1.165) is 5.57 Å². The topological polar surface area (TPSA) is 105 Å². The minimum absolute atomic E-state index is 0.377. The van der Waals surface area contributed by atoms with Crippen molar-refractivity contribution in [2.45, 2.75) is 103 Å². The van der Waals surface area contributed by atoms with Gasteiger partial charge in [-0.25, -0.2) is 9.59 Å². The highest BCUT2D eigenvalue weighted by Crippen LogP contribution is 2.67. The van der Waals surface area contributed by atoms with Gasteiger partial charge in [0.1, 0.15) is 0 Å². The second kappa shape index (κ2) is 6.43. The van der Waals surface area contributed by atoms with Gasteiger partial charge in [-0.15, -0.1) is 0 Å². The van der Waals surface area contributed by atoms with Crippen LogP contribution in [0.15, 0.2) is 23.8 Å². The Balaban J connectivity index is 1.29. The molecule has 0 aromatic rings. The minimum Gasteiger partial charge on any atom is -0.450 e. The van der Waals surface area contributed by atoms with E-state index in [0.29, 0.717) is 38.5 Å². The predicted molar refractivity (Wildman–Crippen MR) is 125 cm³/mol. The summed E-state index contributed by atoms with van der Waals surface area (Å²) in [6, 6.07) is 0. The molecule has 6 atom stereocenters. The molecular formula is C28H34O8. The van der Waals surface area contributed by atoms with E-state index in [9.17, 15) is 19.2 Å². The second-order valence-corrected chi connectivity index (χ2v) is 13.0. The van der Waals surface area contributed by atoms with Crippen molar-refractivity contribution in [3.63, 3.8) is 0 Å². The SMILES string of the molecule is CC1(C)[C@@]2(C)CC[C@]1(C(=O)O[C@H]1C=CC=C3CC[C@@]31OC(=O)[C@@]13CC[C@@](C)(C(=O)O1)C3(C)C)OC2=O. The smallest absolute Gasteiger partial charge is 0.352 e. The fraction of sp³-hybridized carbons (Fsp3) is 0.714.